The Morgan fingerprint density at radius 1 is 1.46 bits per heavy atom. The number of halogens is 2. The van der Waals surface area contributed by atoms with E-state index in [1.165, 1.54) is 0 Å². The van der Waals surface area contributed by atoms with Crippen molar-refractivity contribution in [2.45, 2.75) is 33.2 Å². The first kappa shape index (κ1) is 13.2. The van der Waals surface area contributed by atoms with E-state index in [0.717, 1.165) is 16.1 Å². The topological polar surface area (TPSA) is 12.2 Å². The molecule has 13 heavy (non-hydrogen) atoms. The van der Waals surface area contributed by atoms with E-state index in [1.807, 2.05) is 20.9 Å². The lowest BCUT2D eigenvalue weighted by Crippen LogP contribution is -3.00. The van der Waals surface area contributed by atoms with Crippen molar-refractivity contribution in [3.8, 4) is 0 Å². The van der Waals surface area contributed by atoms with Gasteiger partial charge in [0.1, 0.15) is 7.05 Å². The highest BCUT2D eigenvalue weighted by Crippen LogP contribution is 2.31. The zero-order chi connectivity index (χ0) is 9.52. The second-order valence-electron chi connectivity index (χ2n) is 3.60. The van der Waals surface area contributed by atoms with Crippen LogP contribution < -0.4 is 17.0 Å². The molecule has 0 unspecified atom stereocenters. The number of hydrogen-bond donors (Lipinski definition) is 0. The molecule has 0 aliphatic carbocycles. The molecular weight excluding hydrogens is 298 g/mol. The molecule has 2 nitrogen and oxygen atoms in total. The predicted octanol–water partition coefficient (Wildman–Crippen LogP) is -0.514. The van der Waals surface area contributed by atoms with E-state index in [0.29, 0.717) is 0 Å². The van der Waals surface area contributed by atoms with Crippen LogP contribution in [-0.4, -0.2) is 23.1 Å². The molecule has 1 aliphatic rings. The Balaban J connectivity index is 0.00000144. The van der Waals surface area contributed by atoms with Gasteiger partial charge < -0.3 is 21.7 Å². The highest BCUT2D eigenvalue weighted by molar-refractivity contribution is 9.11. The van der Waals surface area contributed by atoms with Gasteiger partial charge >= 0.3 is 5.90 Å². The van der Waals surface area contributed by atoms with Gasteiger partial charge in [-0.15, -0.1) is 0 Å². The minimum absolute atomic E-state index is 0. The van der Waals surface area contributed by atoms with Crippen LogP contribution >= 0.6 is 15.9 Å². The maximum Gasteiger partial charge on any atom is 0.339 e. The molecule has 4 heteroatoms. The smallest absolute Gasteiger partial charge is 0.339 e. The standard InChI is InChI=1S/C9H15BrNO.BrH/c1-6(10)8-9(3,4)11(5)7(2)12-8;/h1-5H3;1H/q+1;/p-1/b8-6+;. The summed E-state index contributed by atoms with van der Waals surface area (Å²) in [5.74, 6) is 1.95. The first-order chi connectivity index (χ1) is 5.37. The van der Waals surface area contributed by atoms with E-state index in [2.05, 4.69) is 34.4 Å². The molecule has 0 saturated carbocycles. The van der Waals surface area contributed by atoms with Gasteiger partial charge in [0.05, 0.1) is 6.92 Å². The largest absolute Gasteiger partial charge is 1.00 e. The lowest BCUT2D eigenvalue weighted by molar-refractivity contribution is -0.557. The first-order valence-electron chi connectivity index (χ1n) is 3.99. The van der Waals surface area contributed by atoms with Gasteiger partial charge in [-0.05, 0) is 6.92 Å². The van der Waals surface area contributed by atoms with Gasteiger partial charge in [-0.3, -0.25) is 0 Å². The highest BCUT2D eigenvalue weighted by Gasteiger charge is 2.44. The summed E-state index contributed by atoms with van der Waals surface area (Å²) >= 11 is 3.45. The summed E-state index contributed by atoms with van der Waals surface area (Å²) in [6.45, 7) is 8.27. The van der Waals surface area contributed by atoms with Crippen LogP contribution in [0.1, 0.15) is 27.7 Å². The summed E-state index contributed by atoms with van der Waals surface area (Å²) in [6.07, 6.45) is 0. The van der Waals surface area contributed by atoms with E-state index in [4.69, 9.17) is 4.74 Å². The van der Waals surface area contributed by atoms with Crippen molar-refractivity contribution in [3.63, 3.8) is 0 Å². The molecule has 76 valence electrons. The van der Waals surface area contributed by atoms with Crippen LogP contribution in [0.2, 0.25) is 0 Å². The average Bonchev–Trinajstić information content (AvgIpc) is 2.13. The van der Waals surface area contributed by atoms with Crippen molar-refractivity contribution in [1.82, 2.24) is 0 Å². The van der Waals surface area contributed by atoms with Crippen molar-refractivity contribution < 1.29 is 26.3 Å². The predicted molar refractivity (Wildman–Crippen MR) is 53.7 cm³/mol. The summed E-state index contributed by atoms with van der Waals surface area (Å²) in [7, 11) is 2.04. The summed E-state index contributed by atoms with van der Waals surface area (Å²) in [5, 5.41) is 0. The maximum absolute atomic E-state index is 5.63. The molecule has 0 bridgehead atoms. The van der Waals surface area contributed by atoms with Crippen molar-refractivity contribution in [2.24, 2.45) is 0 Å². The van der Waals surface area contributed by atoms with Gasteiger partial charge in [-0.2, -0.15) is 4.58 Å². The maximum atomic E-state index is 5.63. The molecule has 0 aromatic rings. The minimum atomic E-state index is -0.0301. The molecular formula is C9H15Br2NO. The van der Waals surface area contributed by atoms with E-state index in [9.17, 15) is 0 Å². The third-order valence-electron chi connectivity index (χ3n) is 2.43. The lowest BCUT2D eigenvalue weighted by atomic mass is 10.0. The molecule has 0 amide bonds. The molecule has 0 aromatic carbocycles. The number of nitrogens with zero attached hydrogens (tertiary/aromatic N) is 1. The third-order valence-corrected chi connectivity index (χ3v) is 2.79. The second kappa shape index (κ2) is 4.13. The molecule has 1 heterocycles. The molecule has 0 saturated heterocycles. The normalized spacial score (nSPS) is 23.8. The van der Waals surface area contributed by atoms with E-state index < -0.39 is 0 Å². The zero-order valence-corrected chi connectivity index (χ0v) is 11.8. The van der Waals surface area contributed by atoms with Crippen LogP contribution in [0.3, 0.4) is 0 Å². The molecule has 1 aliphatic heterocycles. The Morgan fingerprint density at radius 3 is 2.08 bits per heavy atom. The highest BCUT2D eigenvalue weighted by atomic mass is 79.9. The third kappa shape index (κ3) is 2.15. The first-order valence-corrected chi connectivity index (χ1v) is 4.78. The van der Waals surface area contributed by atoms with Crippen LogP contribution in [0.5, 0.6) is 0 Å². The fourth-order valence-corrected chi connectivity index (χ4v) is 1.94. The molecule has 0 aromatic heterocycles. The van der Waals surface area contributed by atoms with Crippen LogP contribution in [-0.2, 0) is 4.74 Å². The van der Waals surface area contributed by atoms with Gasteiger partial charge in [-0.25, -0.2) is 0 Å². The van der Waals surface area contributed by atoms with Gasteiger partial charge in [0.15, 0.2) is 5.76 Å². The fourth-order valence-electron chi connectivity index (χ4n) is 1.38. The minimum Gasteiger partial charge on any atom is -1.00 e. The quantitative estimate of drug-likeness (QED) is 0.549. The summed E-state index contributed by atoms with van der Waals surface area (Å²) in [4.78, 5) is 0. The van der Waals surface area contributed by atoms with Crippen molar-refractivity contribution in [3.05, 3.63) is 10.2 Å². The van der Waals surface area contributed by atoms with Gasteiger partial charge in [0, 0.05) is 18.3 Å². The zero-order valence-electron chi connectivity index (χ0n) is 8.61. The molecule has 0 fully saturated rings. The molecule has 1 rings (SSSR count). The molecule has 0 spiro atoms. The monoisotopic (exact) mass is 311 g/mol. The van der Waals surface area contributed by atoms with Crippen molar-refractivity contribution in [1.29, 1.82) is 0 Å². The Bertz CT molecular complexity index is 275. The van der Waals surface area contributed by atoms with Crippen molar-refractivity contribution in [2.75, 3.05) is 7.05 Å². The Labute approximate surface area is 98.6 Å². The summed E-state index contributed by atoms with van der Waals surface area (Å²) in [5.41, 5.74) is -0.0301. The lowest BCUT2D eigenvalue weighted by Gasteiger charge is -2.13. The van der Waals surface area contributed by atoms with Crippen LogP contribution in [0, 0.1) is 0 Å². The Hall–Kier alpha value is 0.170. The summed E-state index contributed by atoms with van der Waals surface area (Å²) in [6, 6.07) is 0. The summed E-state index contributed by atoms with van der Waals surface area (Å²) < 4.78 is 8.82. The fraction of sp³-hybridized carbons (Fsp3) is 0.667. The second-order valence-corrected chi connectivity index (χ2v) is 4.79. The molecule has 0 N–H and O–H groups in total. The van der Waals surface area contributed by atoms with E-state index in [1.54, 1.807) is 0 Å². The number of hydrogen-bond acceptors (Lipinski definition) is 1. The van der Waals surface area contributed by atoms with Crippen LogP contribution in [0.25, 0.3) is 0 Å². The average molecular weight is 313 g/mol. The number of ether oxygens (including phenoxy) is 1. The molecule has 0 atom stereocenters. The number of rotatable bonds is 0. The Morgan fingerprint density at radius 2 is 1.92 bits per heavy atom. The Kier molecular flexibility index (Phi) is 4.19. The van der Waals surface area contributed by atoms with Gasteiger partial charge in [-0.1, -0.05) is 15.9 Å². The van der Waals surface area contributed by atoms with Crippen molar-refractivity contribution >= 4 is 21.8 Å². The van der Waals surface area contributed by atoms with Crippen LogP contribution in [0.15, 0.2) is 10.2 Å². The van der Waals surface area contributed by atoms with E-state index >= 15 is 0 Å². The SMILES string of the molecule is CC1=[N+](C)C(C)(C)/C(=C(/C)Br)O1.[Br-]. The van der Waals surface area contributed by atoms with E-state index in [-0.39, 0.29) is 22.5 Å². The number of likely N-dealkylation sites (N-methyl/N-ethyl adjacent to an activating group) is 1. The molecule has 0 radical (unpaired) electrons. The number of allylic oxidation sites excluding steroid dienone is 1. The van der Waals surface area contributed by atoms with Gasteiger partial charge in [0.25, 0.3) is 0 Å². The van der Waals surface area contributed by atoms with Crippen LogP contribution in [0.4, 0.5) is 0 Å². The van der Waals surface area contributed by atoms with Gasteiger partial charge in [0.2, 0.25) is 5.54 Å².